The number of hydrogen-bond donors (Lipinski definition) is 1. The Hall–Kier alpha value is -2.76. The minimum absolute atomic E-state index is 0.564. The smallest absolute Gasteiger partial charge is 0.205 e. The second-order valence-electron chi connectivity index (χ2n) is 3.72. The minimum Gasteiger partial charge on any atom is -0.397 e. The van der Waals surface area contributed by atoms with Crippen molar-refractivity contribution in [1.82, 2.24) is 25.2 Å². The Morgan fingerprint density at radius 2 is 1.83 bits per heavy atom. The van der Waals surface area contributed by atoms with E-state index in [9.17, 15) is 0 Å². The monoisotopic (exact) mass is 238 g/mol. The highest BCUT2D eigenvalue weighted by Crippen LogP contribution is 2.13. The Bertz CT molecular complexity index is 644. The zero-order valence-electron chi connectivity index (χ0n) is 9.43. The van der Waals surface area contributed by atoms with E-state index in [0.717, 1.165) is 5.56 Å². The average molecular weight is 238 g/mol. The second-order valence-corrected chi connectivity index (χ2v) is 3.72. The maximum atomic E-state index is 5.57. The van der Waals surface area contributed by atoms with Crippen molar-refractivity contribution in [2.24, 2.45) is 0 Å². The number of pyridine rings is 1. The maximum absolute atomic E-state index is 5.57. The molecule has 3 rings (SSSR count). The molecule has 2 heterocycles. The van der Waals surface area contributed by atoms with Gasteiger partial charge in [-0.05, 0) is 17.3 Å². The van der Waals surface area contributed by atoms with Crippen LogP contribution in [0.4, 0.5) is 5.69 Å². The van der Waals surface area contributed by atoms with Gasteiger partial charge < -0.3 is 5.73 Å². The largest absolute Gasteiger partial charge is 0.397 e. The molecule has 3 aromatic rings. The van der Waals surface area contributed by atoms with E-state index >= 15 is 0 Å². The summed E-state index contributed by atoms with van der Waals surface area (Å²) in [5.41, 5.74) is 7.09. The fraction of sp³-hybridized carbons (Fsp3) is 0. The van der Waals surface area contributed by atoms with Crippen molar-refractivity contribution in [3.63, 3.8) is 0 Å². The number of nitrogens with two attached hydrogens (primary N) is 1. The molecule has 0 aliphatic rings. The maximum Gasteiger partial charge on any atom is 0.205 e. The molecule has 0 saturated carbocycles. The van der Waals surface area contributed by atoms with Crippen molar-refractivity contribution >= 4 is 5.69 Å². The fourth-order valence-corrected chi connectivity index (χ4v) is 1.53. The Balaban J connectivity index is 1.97. The van der Waals surface area contributed by atoms with Gasteiger partial charge in [0.05, 0.1) is 11.9 Å². The topological polar surface area (TPSA) is 82.5 Å². The second kappa shape index (κ2) is 4.25. The van der Waals surface area contributed by atoms with Gasteiger partial charge in [-0.1, -0.05) is 30.3 Å². The minimum atomic E-state index is 0.564. The van der Waals surface area contributed by atoms with E-state index < -0.39 is 0 Å². The van der Waals surface area contributed by atoms with Crippen LogP contribution < -0.4 is 5.73 Å². The summed E-state index contributed by atoms with van der Waals surface area (Å²) < 4.78 is 0. The van der Waals surface area contributed by atoms with Crippen LogP contribution in [0, 0.1) is 0 Å². The Morgan fingerprint density at radius 3 is 2.56 bits per heavy atom. The fourth-order valence-electron chi connectivity index (χ4n) is 1.53. The molecule has 0 aliphatic carbocycles. The molecule has 1 aromatic carbocycles. The third kappa shape index (κ3) is 1.91. The van der Waals surface area contributed by atoms with Crippen molar-refractivity contribution < 1.29 is 0 Å². The van der Waals surface area contributed by atoms with Gasteiger partial charge in [0.1, 0.15) is 0 Å². The summed E-state index contributed by atoms with van der Waals surface area (Å²) in [6.07, 6.45) is 1.56. The van der Waals surface area contributed by atoms with Crippen LogP contribution in [-0.2, 0) is 0 Å². The number of rotatable bonds is 2. The molecule has 0 atom stereocenters. The molecule has 2 aromatic heterocycles. The number of nitrogens with zero attached hydrogens (tertiary/aromatic N) is 5. The molecular weight excluding hydrogens is 228 g/mol. The first-order chi connectivity index (χ1) is 8.83. The Labute approximate surface area is 103 Å². The first kappa shape index (κ1) is 10.4. The molecule has 0 amide bonds. The lowest BCUT2D eigenvalue weighted by Gasteiger charge is -1.97. The summed E-state index contributed by atoms with van der Waals surface area (Å²) in [4.78, 5) is 5.51. The van der Waals surface area contributed by atoms with Crippen molar-refractivity contribution in [3.05, 3.63) is 48.7 Å². The highest BCUT2D eigenvalue weighted by atomic mass is 15.6. The summed E-state index contributed by atoms with van der Waals surface area (Å²) in [5.74, 6) is 1.15. The summed E-state index contributed by atoms with van der Waals surface area (Å²) >= 11 is 0. The third-order valence-corrected chi connectivity index (χ3v) is 2.42. The average Bonchev–Trinajstić information content (AvgIpc) is 2.90. The van der Waals surface area contributed by atoms with Crippen LogP contribution >= 0.6 is 0 Å². The van der Waals surface area contributed by atoms with Crippen LogP contribution in [-0.4, -0.2) is 25.2 Å². The molecule has 0 fully saturated rings. The molecule has 0 saturated heterocycles. The number of tetrazole rings is 1. The van der Waals surface area contributed by atoms with Crippen LogP contribution in [0.5, 0.6) is 0 Å². The lowest BCUT2D eigenvalue weighted by Crippen LogP contribution is -2.02. The molecule has 0 radical (unpaired) electrons. The molecule has 18 heavy (non-hydrogen) atoms. The number of benzene rings is 1. The van der Waals surface area contributed by atoms with E-state index in [4.69, 9.17) is 5.73 Å². The van der Waals surface area contributed by atoms with Gasteiger partial charge in [0.2, 0.25) is 5.82 Å². The van der Waals surface area contributed by atoms with Crippen LogP contribution in [0.2, 0.25) is 0 Å². The van der Waals surface area contributed by atoms with Gasteiger partial charge in [-0.2, -0.15) is 0 Å². The zero-order valence-corrected chi connectivity index (χ0v) is 9.43. The van der Waals surface area contributed by atoms with Crippen molar-refractivity contribution in [3.8, 4) is 17.2 Å². The van der Waals surface area contributed by atoms with E-state index in [-0.39, 0.29) is 0 Å². The van der Waals surface area contributed by atoms with Crippen molar-refractivity contribution in [2.75, 3.05) is 5.73 Å². The highest BCUT2D eigenvalue weighted by molar-refractivity contribution is 5.53. The standard InChI is InChI=1S/C12H10N6/c13-10-6-7-11(14-8-10)18-16-12(15-17-18)9-4-2-1-3-5-9/h1-8H,13H2. The molecule has 6 nitrogen and oxygen atoms in total. The number of aromatic nitrogens is 5. The number of hydrogen-bond acceptors (Lipinski definition) is 5. The van der Waals surface area contributed by atoms with E-state index in [2.05, 4.69) is 20.4 Å². The number of nitrogen functional groups attached to an aromatic ring is 1. The predicted molar refractivity (Wildman–Crippen MR) is 66.8 cm³/mol. The van der Waals surface area contributed by atoms with Gasteiger partial charge in [0.15, 0.2) is 5.82 Å². The summed E-state index contributed by atoms with van der Waals surface area (Å²) in [7, 11) is 0. The first-order valence-electron chi connectivity index (χ1n) is 5.40. The van der Waals surface area contributed by atoms with Crippen molar-refractivity contribution in [2.45, 2.75) is 0 Å². The SMILES string of the molecule is Nc1ccc(-n2nnc(-c3ccccc3)n2)nc1. The van der Waals surface area contributed by atoms with Gasteiger partial charge >= 0.3 is 0 Å². The van der Waals surface area contributed by atoms with Gasteiger partial charge in [-0.25, -0.2) is 4.98 Å². The zero-order chi connectivity index (χ0) is 12.4. The normalized spacial score (nSPS) is 10.4. The van der Waals surface area contributed by atoms with Gasteiger partial charge in [0.25, 0.3) is 0 Å². The van der Waals surface area contributed by atoms with Gasteiger partial charge in [0, 0.05) is 5.56 Å². The van der Waals surface area contributed by atoms with Gasteiger partial charge in [-0.15, -0.1) is 15.0 Å². The van der Waals surface area contributed by atoms with E-state index in [0.29, 0.717) is 17.3 Å². The lowest BCUT2D eigenvalue weighted by molar-refractivity contribution is 0.701. The molecular formula is C12H10N6. The van der Waals surface area contributed by atoms with Crippen LogP contribution in [0.15, 0.2) is 48.7 Å². The van der Waals surface area contributed by atoms with E-state index in [1.165, 1.54) is 4.80 Å². The van der Waals surface area contributed by atoms with Gasteiger partial charge in [-0.3, -0.25) is 0 Å². The first-order valence-corrected chi connectivity index (χ1v) is 5.40. The van der Waals surface area contributed by atoms with Crippen LogP contribution in [0.1, 0.15) is 0 Å². The molecule has 2 N–H and O–H groups in total. The van der Waals surface area contributed by atoms with Crippen LogP contribution in [0.25, 0.3) is 17.2 Å². The molecule has 0 bridgehead atoms. The quantitative estimate of drug-likeness (QED) is 0.727. The summed E-state index contributed by atoms with van der Waals surface area (Å²) in [5, 5.41) is 12.2. The van der Waals surface area contributed by atoms with Crippen LogP contribution in [0.3, 0.4) is 0 Å². The van der Waals surface area contributed by atoms with Crippen molar-refractivity contribution in [1.29, 1.82) is 0 Å². The lowest BCUT2D eigenvalue weighted by atomic mass is 10.2. The molecule has 0 aliphatic heterocycles. The Morgan fingerprint density at radius 1 is 1.00 bits per heavy atom. The highest BCUT2D eigenvalue weighted by Gasteiger charge is 2.07. The molecule has 0 unspecified atom stereocenters. The van der Waals surface area contributed by atoms with E-state index in [1.54, 1.807) is 18.3 Å². The predicted octanol–water partition coefficient (Wildman–Crippen LogP) is 1.31. The van der Waals surface area contributed by atoms with E-state index in [1.807, 2.05) is 30.3 Å². The number of anilines is 1. The Kier molecular flexibility index (Phi) is 2.45. The third-order valence-electron chi connectivity index (χ3n) is 2.42. The summed E-state index contributed by atoms with van der Waals surface area (Å²) in [6.45, 7) is 0. The molecule has 88 valence electrons. The molecule has 6 heteroatoms. The summed E-state index contributed by atoms with van der Waals surface area (Å²) in [6, 6.07) is 13.1. The molecule has 0 spiro atoms.